The summed E-state index contributed by atoms with van der Waals surface area (Å²) in [5, 5.41) is 15.9. The molecule has 2 rings (SSSR count). The third-order valence-corrected chi connectivity index (χ3v) is 3.95. The SMILES string of the molecule is O=C(CC1COCCN1)NC1(CO)CCCCC1. The van der Waals surface area contributed by atoms with Crippen molar-refractivity contribution >= 4 is 5.91 Å². The van der Waals surface area contributed by atoms with Gasteiger partial charge in [0.1, 0.15) is 0 Å². The average Bonchev–Trinajstić information content (AvgIpc) is 2.41. The predicted molar refractivity (Wildman–Crippen MR) is 68.3 cm³/mol. The second-order valence-electron chi connectivity index (χ2n) is 5.48. The van der Waals surface area contributed by atoms with E-state index in [-0.39, 0.29) is 24.1 Å². The molecule has 0 aromatic heterocycles. The highest BCUT2D eigenvalue weighted by Crippen LogP contribution is 2.27. The first-order chi connectivity index (χ1) is 8.74. The van der Waals surface area contributed by atoms with E-state index in [1.807, 2.05) is 0 Å². The van der Waals surface area contributed by atoms with Crippen molar-refractivity contribution in [2.75, 3.05) is 26.4 Å². The number of morpholine rings is 1. The number of amides is 1. The number of nitrogens with one attached hydrogen (secondary N) is 2. The van der Waals surface area contributed by atoms with Gasteiger partial charge in [0.25, 0.3) is 0 Å². The van der Waals surface area contributed by atoms with Crippen LogP contribution in [0.25, 0.3) is 0 Å². The van der Waals surface area contributed by atoms with Gasteiger partial charge in [0, 0.05) is 19.0 Å². The van der Waals surface area contributed by atoms with E-state index in [9.17, 15) is 9.90 Å². The van der Waals surface area contributed by atoms with E-state index in [0.717, 1.165) is 38.8 Å². The molecule has 0 spiro atoms. The Labute approximate surface area is 108 Å². The molecular weight excluding hydrogens is 232 g/mol. The number of hydrogen-bond acceptors (Lipinski definition) is 4. The first-order valence-corrected chi connectivity index (χ1v) is 6.97. The minimum absolute atomic E-state index is 0.0222. The van der Waals surface area contributed by atoms with Crippen LogP contribution in [0.4, 0.5) is 0 Å². The van der Waals surface area contributed by atoms with Crippen molar-refractivity contribution in [3.63, 3.8) is 0 Å². The average molecular weight is 256 g/mol. The molecule has 2 fully saturated rings. The van der Waals surface area contributed by atoms with Gasteiger partial charge in [0.15, 0.2) is 0 Å². The van der Waals surface area contributed by atoms with Crippen molar-refractivity contribution < 1.29 is 14.6 Å². The first kappa shape index (κ1) is 13.8. The lowest BCUT2D eigenvalue weighted by Crippen LogP contribution is -2.54. The second kappa shape index (κ2) is 6.50. The van der Waals surface area contributed by atoms with Crippen LogP contribution < -0.4 is 10.6 Å². The molecule has 3 N–H and O–H groups in total. The standard InChI is InChI=1S/C13H24N2O3/c16-10-13(4-2-1-3-5-13)15-12(17)8-11-9-18-7-6-14-11/h11,14,16H,1-10H2,(H,15,17). The fourth-order valence-corrected chi connectivity index (χ4v) is 2.87. The summed E-state index contributed by atoms with van der Waals surface area (Å²) in [5.74, 6) is 0.0222. The second-order valence-corrected chi connectivity index (χ2v) is 5.48. The molecule has 1 heterocycles. The van der Waals surface area contributed by atoms with Crippen molar-refractivity contribution in [1.29, 1.82) is 0 Å². The predicted octanol–water partition coefficient (Wildman–Crippen LogP) is 0.176. The molecule has 0 aromatic carbocycles. The Morgan fingerprint density at radius 1 is 1.39 bits per heavy atom. The van der Waals surface area contributed by atoms with Crippen LogP contribution in [0.2, 0.25) is 0 Å². The number of aliphatic hydroxyl groups is 1. The normalized spacial score (nSPS) is 27.7. The summed E-state index contributed by atoms with van der Waals surface area (Å²) in [6.45, 7) is 2.18. The molecule has 104 valence electrons. The Hall–Kier alpha value is -0.650. The van der Waals surface area contributed by atoms with E-state index in [1.165, 1.54) is 6.42 Å². The number of hydrogen-bond donors (Lipinski definition) is 3. The summed E-state index contributed by atoms with van der Waals surface area (Å²) >= 11 is 0. The Morgan fingerprint density at radius 2 is 2.17 bits per heavy atom. The maximum Gasteiger partial charge on any atom is 0.222 e. The van der Waals surface area contributed by atoms with Crippen molar-refractivity contribution in [3.8, 4) is 0 Å². The van der Waals surface area contributed by atoms with Crippen LogP contribution in [0.15, 0.2) is 0 Å². The van der Waals surface area contributed by atoms with Crippen molar-refractivity contribution in [2.45, 2.75) is 50.1 Å². The Bertz CT molecular complexity index is 271. The minimum atomic E-state index is -0.370. The van der Waals surface area contributed by atoms with E-state index >= 15 is 0 Å². The maximum atomic E-state index is 12.0. The molecule has 1 saturated heterocycles. The molecule has 5 heteroatoms. The van der Waals surface area contributed by atoms with E-state index in [4.69, 9.17) is 4.74 Å². The molecule has 0 aromatic rings. The van der Waals surface area contributed by atoms with E-state index < -0.39 is 0 Å². The van der Waals surface area contributed by atoms with Crippen molar-refractivity contribution in [3.05, 3.63) is 0 Å². The molecule has 1 unspecified atom stereocenters. The molecule has 1 aliphatic heterocycles. The van der Waals surface area contributed by atoms with Gasteiger partial charge in [-0.05, 0) is 12.8 Å². The van der Waals surface area contributed by atoms with Crippen LogP contribution in [0, 0.1) is 0 Å². The number of rotatable bonds is 4. The highest BCUT2D eigenvalue weighted by molar-refractivity contribution is 5.77. The zero-order valence-electron chi connectivity index (χ0n) is 10.9. The molecule has 1 amide bonds. The largest absolute Gasteiger partial charge is 0.394 e. The minimum Gasteiger partial charge on any atom is -0.394 e. The molecule has 5 nitrogen and oxygen atoms in total. The van der Waals surface area contributed by atoms with E-state index in [0.29, 0.717) is 13.0 Å². The van der Waals surface area contributed by atoms with Crippen LogP contribution in [-0.2, 0) is 9.53 Å². The van der Waals surface area contributed by atoms with Crippen molar-refractivity contribution in [2.24, 2.45) is 0 Å². The third-order valence-electron chi connectivity index (χ3n) is 3.95. The molecule has 0 bridgehead atoms. The third kappa shape index (κ3) is 3.67. The highest BCUT2D eigenvalue weighted by atomic mass is 16.5. The molecule has 1 aliphatic carbocycles. The van der Waals surface area contributed by atoms with Crippen LogP contribution >= 0.6 is 0 Å². The summed E-state index contributed by atoms with van der Waals surface area (Å²) in [7, 11) is 0. The van der Waals surface area contributed by atoms with E-state index in [1.54, 1.807) is 0 Å². The van der Waals surface area contributed by atoms with Gasteiger partial charge >= 0.3 is 0 Å². The molecule has 1 atom stereocenters. The van der Waals surface area contributed by atoms with Crippen molar-refractivity contribution in [1.82, 2.24) is 10.6 Å². The zero-order valence-corrected chi connectivity index (χ0v) is 10.9. The van der Waals surface area contributed by atoms with Gasteiger partial charge in [-0.25, -0.2) is 0 Å². The first-order valence-electron chi connectivity index (χ1n) is 6.97. The number of carbonyl (C=O) groups excluding carboxylic acids is 1. The van der Waals surface area contributed by atoms with Gasteiger partial charge in [-0.2, -0.15) is 0 Å². The smallest absolute Gasteiger partial charge is 0.222 e. The Kier molecular flexibility index (Phi) is 4.97. The number of aliphatic hydroxyl groups excluding tert-OH is 1. The number of ether oxygens (including phenoxy) is 1. The topological polar surface area (TPSA) is 70.6 Å². The van der Waals surface area contributed by atoms with Gasteiger partial charge in [0.2, 0.25) is 5.91 Å². The molecule has 2 aliphatic rings. The summed E-state index contributed by atoms with van der Waals surface area (Å²) in [6.07, 6.45) is 5.60. The van der Waals surface area contributed by atoms with Crippen LogP contribution in [0.1, 0.15) is 38.5 Å². The van der Waals surface area contributed by atoms with Gasteiger partial charge in [-0.3, -0.25) is 4.79 Å². The summed E-state index contributed by atoms with van der Waals surface area (Å²) in [5.41, 5.74) is -0.370. The van der Waals surface area contributed by atoms with Gasteiger partial charge < -0.3 is 20.5 Å². The highest BCUT2D eigenvalue weighted by Gasteiger charge is 2.33. The lowest BCUT2D eigenvalue weighted by atomic mass is 9.82. The fourth-order valence-electron chi connectivity index (χ4n) is 2.87. The van der Waals surface area contributed by atoms with Gasteiger partial charge in [0.05, 0.1) is 25.4 Å². The summed E-state index contributed by atoms with van der Waals surface area (Å²) in [4.78, 5) is 12.0. The Balaban J connectivity index is 1.81. The summed E-state index contributed by atoms with van der Waals surface area (Å²) in [6, 6.07) is 0.109. The molecule has 0 radical (unpaired) electrons. The quantitative estimate of drug-likeness (QED) is 0.671. The fraction of sp³-hybridized carbons (Fsp3) is 0.923. The molecule has 18 heavy (non-hydrogen) atoms. The van der Waals surface area contributed by atoms with Gasteiger partial charge in [-0.1, -0.05) is 19.3 Å². The Morgan fingerprint density at radius 3 is 2.78 bits per heavy atom. The number of carbonyl (C=O) groups is 1. The lowest BCUT2D eigenvalue weighted by Gasteiger charge is -2.37. The van der Waals surface area contributed by atoms with E-state index in [2.05, 4.69) is 10.6 Å². The van der Waals surface area contributed by atoms with Crippen LogP contribution in [-0.4, -0.2) is 49.0 Å². The molecular formula is C13H24N2O3. The maximum absolute atomic E-state index is 12.0. The lowest BCUT2D eigenvalue weighted by molar-refractivity contribution is -0.125. The molecule has 1 saturated carbocycles. The summed E-state index contributed by atoms with van der Waals surface area (Å²) < 4.78 is 5.33. The zero-order chi connectivity index (χ0) is 12.8. The van der Waals surface area contributed by atoms with Gasteiger partial charge in [-0.15, -0.1) is 0 Å². The van der Waals surface area contributed by atoms with Crippen LogP contribution in [0.5, 0.6) is 0 Å². The monoisotopic (exact) mass is 256 g/mol. The van der Waals surface area contributed by atoms with Crippen LogP contribution in [0.3, 0.4) is 0 Å².